The van der Waals surface area contributed by atoms with Crippen molar-refractivity contribution < 1.29 is 57.3 Å². The van der Waals surface area contributed by atoms with Crippen LogP contribution in [-0.2, 0) is 37.4 Å². The zero-order chi connectivity index (χ0) is 29.7. The van der Waals surface area contributed by atoms with Gasteiger partial charge in [-0.1, -0.05) is 0 Å². The number of phosphoric acid groups is 1. The second-order valence-electron chi connectivity index (χ2n) is 9.01. The van der Waals surface area contributed by atoms with Gasteiger partial charge in [-0.3, -0.25) is 13.9 Å². The number of hydrogen-bond acceptors (Lipinski definition) is 15. The van der Waals surface area contributed by atoms with Crippen molar-refractivity contribution in [3.8, 4) is 0 Å². The van der Waals surface area contributed by atoms with Crippen molar-refractivity contribution in [2.75, 3.05) is 52.1 Å². The summed E-state index contributed by atoms with van der Waals surface area (Å²) in [6.07, 6.45) is -4.05. The molecule has 20 heteroatoms. The number of hydrogen-bond donors (Lipinski definition) is 4. The molecule has 1 unspecified atom stereocenters. The Kier molecular flexibility index (Phi) is 10.3. The number of nitrogens with one attached hydrogen (secondary N) is 1. The normalized spacial score (nSPS) is 25.7. The van der Waals surface area contributed by atoms with Gasteiger partial charge < -0.3 is 44.3 Å². The number of fused-ring (bicyclic) bond motifs is 1. The number of likely N-dealkylation sites (N-methyl/N-ethyl adjacent to an activating group) is 1. The summed E-state index contributed by atoms with van der Waals surface area (Å²) < 4.78 is 42.5. The molecule has 0 bridgehead atoms. The molecular weight excluding hydrogens is 595 g/mol. The first-order chi connectivity index (χ1) is 19.5. The number of rotatable bonds is 12. The molecule has 2 aromatic rings. The van der Waals surface area contributed by atoms with Gasteiger partial charge in [-0.2, -0.15) is 9.97 Å². The highest BCUT2D eigenvalue weighted by Gasteiger charge is 2.45. The van der Waals surface area contributed by atoms with Gasteiger partial charge in [-0.25, -0.2) is 18.9 Å². The average Bonchev–Trinajstić information content (AvgIpc) is 3.64. The summed E-state index contributed by atoms with van der Waals surface area (Å²) in [7, 11) is -3.42. The monoisotopic (exact) mass is 624 g/mol. The summed E-state index contributed by atoms with van der Waals surface area (Å²) in [5, 5.41) is 24.5. The van der Waals surface area contributed by atoms with Gasteiger partial charge in [0.15, 0.2) is 23.2 Å². The zero-order valence-electron chi connectivity index (χ0n) is 22.0. The summed E-state index contributed by atoms with van der Waals surface area (Å²) >= 11 is 6.14. The minimum absolute atomic E-state index is 0.00938. The van der Waals surface area contributed by atoms with E-state index in [4.69, 9.17) is 21.1 Å². The molecule has 2 fully saturated rings. The first-order valence-electron chi connectivity index (χ1n) is 12.4. The third-order valence-corrected chi connectivity index (χ3v) is 7.22. The standard InChI is InChI=1S/C21H30ClN6O12P/c1-3-36-21(32)37-10-39-41(33,34)38-8-13(29)27(2)6-12-15(30)16(31)19(40-12)28-9-23-14-17(24-11-4-5-35-7-11)25-20(22)26-18(14)28/h9,11-12,15-16,19,30-31H,3-8,10H2,1-2H3,(H,33,34)(H,24,25,26)/t11-,12+,15+,16+,19+/m0/s1. The third-order valence-electron chi connectivity index (χ3n) is 6.16. The van der Waals surface area contributed by atoms with E-state index in [1.165, 1.54) is 24.9 Å². The predicted octanol–water partition coefficient (Wildman–Crippen LogP) is 0.0223. The maximum absolute atomic E-state index is 12.5. The van der Waals surface area contributed by atoms with Crippen LogP contribution in [0.3, 0.4) is 0 Å². The lowest BCUT2D eigenvalue weighted by atomic mass is 10.1. The Hall–Kier alpha value is -2.67. The Morgan fingerprint density at radius 2 is 2.05 bits per heavy atom. The van der Waals surface area contributed by atoms with Crippen LogP contribution in [0.25, 0.3) is 11.2 Å². The smallest absolute Gasteiger partial charge is 0.435 e. The molecule has 0 aliphatic carbocycles. The molecule has 0 saturated carbocycles. The lowest BCUT2D eigenvalue weighted by Gasteiger charge is -2.23. The Morgan fingerprint density at radius 3 is 2.76 bits per heavy atom. The fourth-order valence-corrected chi connectivity index (χ4v) is 4.78. The molecular formula is C21H30ClN6O12P. The van der Waals surface area contributed by atoms with E-state index in [-0.39, 0.29) is 30.1 Å². The van der Waals surface area contributed by atoms with Crippen LogP contribution in [0.4, 0.5) is 10.6 Å². The number of aromatic nitrogens is 4. The van der Waals surface area contributed by atoms with E-state index >= 15 is 0 Å². The van der Waals surface area contributed by atoms with Crippen LogP contribution < -0.4 is 5.32 Å². The number of carbonyl (C=O) groups is 2. The van der Waals surface area contributed by atoms with E-state index in [0.29, 0.717) is 24.5 Å². The number of imidazole rings is 1. The first kappa shape index (κ1) is 31.3. The average molecular weight is 625 g/mol. The van der Waals surface area contributed by atoms with Crippen molar-refractivity contribution in [3.63, 3.8) is 0 Å². The maximum atomic E-state index is 12.5. The Bertz CT molecular complexity index is 1280. The van der Waals surface area contributed by atoms with Crippen molar-refractivity contribution in [2.24, 2.45) is 0 Å². The van der Waals surface area contributed by atoms with Crippen LogP contribution >= 0.6 is 19.4 Å². The molecule has 2 saturated heterocycles. The molecule has 41 heavy (non-hydrogen) atoms. The van der Waals surface area contributed by atoms with Gasteiger partial charge in [0.1, 0.15) is 24.9 Å². The Labute approximate surface area is 238 Å². The van der Waals surface area contributed by atoms with Crippen molar-refractivity contribution in [1.82, 2.24) is 24.4 Å². The Morgan fingerprint density at radius 1 is 1.27 bits per heavy atom. The van der Waals surface area contributed by atoms with Crippen molar-refractivity contribution in [1.29, 1.82) is 0 Å². The number of amides is 1. The fraction of sp³-hybridized carbons (Fsp3) is 0.667. The molecule has 6 atom stereocenters. The number of ether oxygens (including phenoxy) is 4. The molecule has 0 radical (unpaired) electrons. The summed E-state index contributed by atoms with van der Waals surface area (Å²) in [6, 6.07) is 0.00938. The highest BCUT2D eigenvalue weighted by Crippen LogP contribution is 2.43. The summed E-state index contributed by atoms with van der Waals surface area (Å²) in [6.45, 7) is 0.610. The SMILES string of the molecule is CCOC(=O)OCOP(=O)(O)OCC(=O)N(C)C[C@H]1O[C@@H](n2cnc3c(N[C@H]4CCOC4)nc(Cl)nc32)[C@H](O)[C@@H]1O. The lowest BCUT2D eigenvalue weighted by Crippen LogP contribution is -2.42. The minimum Gasteiger partial charge on any atom is -0.435 e. The molecule has 2 aliphatic rings. The van der Waals surface area contributed by atoms with Gasteiger partial charge in [-0.15, -0.1) is 0 Å². The van der Waals surface area contributed by atoms with Crippen LogP contribution in [0.2, 0.25) is 5.28 Å². The number of anilines is 1. The summed E-state index contributed by atoms with van der Waals surface area (Å²) in [4.78, 5) is 47.0. The fourth-order valence-electron chi connectivity index (χ4n) is 4.08. The minimum atomic E-state index is -4.75. The molecule has 2 aliphatic heterocycles. The number of phosphoric ester groups is 1. The summed E-state index contributed by atoms with van der Waals surface area (Å²) in [5.41, 5.74) is 0.606. The number of aliphatic hydroxyl groups is 2. The zero-order valence-corrected chi connectivity index (χ0v) is 23.6. The van der Waals surface area contributed by atoms with E-state index in [0.717, 1.165) is 11.3 Å². The lowest BCUT2D eigenvalue weighted by molar-refractivity contribution is -0.135. The molecule has 1 amide bonds. The predicted molar refractivity (Wildman–Crippen MR) is 137 cm³/mol. The number of halogens is 1. The van der Waals surface area contributed by atoms with Crippen LogP contribution in [0.1, 0.15) is 19.6 Å². The molecule has 18 nitrogen and oxygen atoms in total. The molecule has 0 aromatic carbocycles. The quantitative estimate of drug-likeness (QED) is 0.106. The number of aliphatic hydroxyl groups excluding tert-OH is 2. The molecule has 4 rings (SSSR count). The topological polar surface area (TPSA) is 226 Å². The Balaban J connectivity index is 1.35. The van der Waals surface area contributed by atoms with E-state index in [9.17, 15) is 29.3 Å². The first-order valence-corrected chi connectivity index (χ1v) is 14.3. The van der Waals surface area contributed by atoms with Gasteiger partial charge in [0.25, 0.3) is 0 Å². The van der Waals surface area contributed by atoms with Crippen LogP contribution in [0.5, 0.6) is 0 Å². The maximum Gasteiger partial charge on any atom is 0.510 e. The third kappa shape index (κ3) is 7.79. The van der Waals surface area contributed by atoms with E-state index in [1.54, 1.807) is 0 Å². The van der Waals surface area contributed by atoms with Crippen molar-refractivity contribution in [3.05, 3.63) is 11.6 Å². The van der Waals surface area contributed by atoms with Crippen LogP contribution in [-0.4, -0.2) is 123 Å². The highest BCUT2D eigenvalue weighted by molar-refractivity contribution is 7.47. The van der Waals surface area contributed by atoms with Gasteiger partial charge in [0.05, 0.1) is 25.6 Å². The summed E-state index contributed by atoms with van der Waals surface area (Å²) in [5.74, 6) is -0.399. The van der Waals surface area contributed by atoms with Crippen molar-refractivity contribution >= 4 is 48.5 Å². The largest absolute Gasteiger partial charge is 0.510 e. The molecule has 2 aromatic heterocycles. The number of nitrogens with zero attached hydrogens (tertiary/aromatic N) is 5. The molecule has 228 valence electrons. The van der Waals surface area contributed by atoms with Gasteiger partial charge >= 0.3 is 14.0 Å². The molecule has 0 spiro atoms. The van der Waals surface area contributed by atoms with E-state index < -0.39 is 57.8 Å². The van der Waals surface area contributed by atoms with Gasteiger partial charge in [-0.05, 0) is 24.9 Å². The van der Waals surface area contributed by atoms with Gasteiger partial charge in [0, 0.05) is 20.2 Å². The second-order valence-corrected chi connectivity index (χ2v) is 10.8. The number of carbonyl (C=O) groups excluding carboxylic acids is 2. The highest BCUT2D eigenvalue weighted by atomic mass is 35.5. The van der Waals surface area contributed by atoms with Crippen LogP contribution in [0, 0.1) is 0 Å². The molecule has 4 N–H and O–H groups in total. The van der Waals surface area contributed by atoms with E-state index in [1.807, 2.05) is 0 Å². The van der Waals surface area contributed by atoms with Crippen LogP contribution in [0.15, 0.2) is 6.33 Å². The van der Waals surface area contributed by atoms with Gasteiger partial charge in [0.2, 0.25) is 18.0 Å². The van der Waals surface area contributed by atoms with Crippen molar-refractivity contribution in [2.45, 2.75) is 43.9 Å². The van der Waals surface area contributed by atoms with E-state index in [2.05, 4.69) is 38.8 Å². The second kappa shape index (κ2) is 13.5. The molecule has 4 heterocycles.